The Labute approximate surface area is 119 Å². The van der Waals surface area contributed by atoms with Gasteiger partial charge >= 0.3 is 0 Å². The standard InChI is InChI=1S/C14H23N5O/c1-18-6-8-19(9-7-18)5-4-17-13-10-11(15)2-3-12(13)14(16)20/h2-3,10,17H,4-9,15H2,1H3,(H2,16,20). The molecule has 5 N–H and O–H groups in total. The summed E-state index contributed by atoms with van der Waals surface area (Å²) in [6.45, 7) is 6.08. The Kier molecular flexibility index (Phi) is 4.81. The summed E-state index contributed by atoms with van der Waals surface area (Å²) in [4.78, 5) is 16.1. The lowest BCUT2D eigenvalue weighted by atomic mass is 10.1. The number of carbonyl (C=O) groups is 1. The summed E-state index contributed by atoms with van der Waals surface area (Å²) in [5, 5.41) is 3.26. The predicted octanol–water partition coefficient (Wildman–Crippen LogP) is 0.0270. The Hall–Kier alpha value is -1.79. The van der Waals surface area contributed by atoms with E-state index in [0.717, 1.165) is 39.3 Å². The van der Waals surface area contributed by atoms with E-state index < -0.39 is 5.91 Å². The number of rotatable bonds is 5. The Balaban J connectivity index is 1.87. The summed E-state index contributed by atoms with van der Waals surface area (Å²) < 4.78 is 0. The Morgan fingerprint density at radius 2 is 2.00 bits per heavy atom. The van der Waals surface area contributed by atoms with Gasteiger partial charge in [-0.15, -0.1) is 0 Å². The van der Waals surface area contributed by atoms with Gasteiger partial charge in [0.2, 0.25) is 0 Å². The minimum Gasteiger partial charge on any atom is -0.399 e. The molecule has 6 nitrogen and oxygen atoms in total. The van der Waals surface area contributed by atoms with Crippen molar-refractivity contribution in [1.29, 1.82) is 0 Å². The second-order valence-electron chi connectivity index (χ2n) is 5.24. The third kappa shape index (κ3) is 3.85. The molecule has 110 valence electrons. The lowest BCUT2D eigenvalue weighted by molar-refractivity contribution is 0.100. The highest BCUT2D eigenvalue weighted by molar-refractivity contribution is 5.99. The molecular weight excluding hydrogens is 254 g/mol. The molecule has 1 fully saturated rings. The van der Waals surface area contributed by atoms with Crippen LogP contribution in [-0.2, 0) is 0 Å². The van der Waals surface area contributed by atoms with Crippen molar-refractivity contribution in [3.63, 3.8) is 0 Å². The minimum absolute atomic E-state index is 0.438. The zero-order valence-corrected chi connectivity index (χ0v) is 11.9. The van der Waals surface area contributed by atoms with E-state index in [0.29, 0.717) is 16.9 Å². The van der Waals surface area contributed by atoms with Gasteiger partial charge in [0.05, 0.1) is 5.56 Å². The van der Waals surface area contributed by atoms with Crippen molar-refractivity contribution in [2.75, 3.05) is 57.4 Å². The molecular formula is C14H23N5O. The van der Waals surface area contributed by atoms with Gasteiger partial charge in [-0.25, -0.2) is 0 Å². The molecule has 0 atom stereocenters. The van der Waals surface area contributed by atoms with E-state index in [9.17, 15) is 4.79 Å². The van der Waals surface area contributed by atoms with Crippen LogP contribution in [0.5, 0.6) is 0 Å². The third-order valence-corrected chi connectivity index (χ3v) is 3.65. The summed E-state index contributed by atoms with van der Waals surface area (Å²) in [7, 11) is 2.14. The first kappa shape index (κ1) is 14.6. The van der Waals surface area contributed by atoms with Crippen LogP contribution in [-0.4, -0.2) is 62.0 Å². The SMILES string of the molecule is CN1CCN(CCNc2cc(N)ccc2C(N)=O)CC1. The van der Waals surface area contributed by atoms with Gasteiger partial charge in [0.1, 0.15) is 0 Å². The Morgan fingerprint density at radius 3 is 2.65 bits per heavy atom. The van der Waals surface area contributed by atoms with E-state index in [1.54, 1.807) is 18.2 Å². The molecule has 0 saturated carbocycles. The summed E-state index contributed by atoms with van der Waals surface area (Å²) in [6, 6.07) is 5.10. The Bertz CT molecular complexity index is 469. The van der Waals surface area contributed by atoms with Crippen LogP contribution in [0.3, 0.4) is 0 Å². The van der Waals surface area contributed by atoms with Crippen molar-refractivity contribution in [3.05, 3.63) is 23.8 Å². The number of carbonyl (C=O) groups excluding carboxylic acids is 1. The number of nitrogens with zero attached hydrogens (tertiary/aromatic N) is 2. The number of hydrogen-bond acceptors (Lipinski definition) is 5. The molecule has 0 unspecified atom stereocenters. The number of hydrogen-bond donors (Lipinski definition) is 3. The van der Waals surface area contributed by atoms with Crippen LogP contribution in [0.25, 0.3) is 0 Å². The molecule has 1 amide bonds. The molecule has 1 aromatic rings. The molecule has 20 heavy (non-hydrogen) atoms. The smallest absolute Gasteiger partial charge is 0.250 e. The van der Waals surface area contributed by atoms with E-state index in [1.807, 2.05) is 0 Å². The number of nitrogen functional groups attached to an aromatic ring is 1. The van der Waals surface area contributed by atoms with E-state index in [-0.39, 0.29) is 0 Å². The summed E-state index contributed by atoms with van der Waals surface area (Å²) in [6.07, 6.45) is 0. The van der Waals surface area contributed by atoms with Gasteiger partial charge in [0.25, 0.3) is 5.91 Å². The molecule has 0 spiro atoms. The zero-order valence-electron chi connectivity index (χ0n) is 11.9. The van der Waals surface area contributed by atoms with Crippen LogP contribution < -0.4 is 16.8 Å². The van der Waals surface area contributed by atoms with Gasteiger partial charge < -0.3 is 21.7 Å². The number of benzene rings is 1. The molecule has 1 aromatic carbocycles. The topological polar surface area (TPSA) is 87.6 Å². The highest BCUT2D eigenvalue weighted by Gasteiger charge is 2.13. The van der Waals surface area contributed by atoms with Crippen molar-refractivity contribution in [2.24, 2.45) is 5.73 Å². The van der Waals surface area contributed by atoms with Crippen molar-refractivity contribution < 1.29 is 4.79 Å². The first-order valence-corrected chi connectivity index (χ1v) is 6.90. The molecule has 1 saturated heterocycles. The quantitative estimate of drug-likeness (QED) is 0.661. The largest absolute Gasteiger partial charge is 0.399 e. The fourth-order valence-corrected chi connectivity index (χ4v) is 2.34. The third-order valence-electron chi connectivity index (χ3n) is 3.65. The van der Waals surface area contributed by atoms with Crippen LogP contribution in [0.4, 0.5) is 11.4 Å². The molecule has 6 heteroatoms. The highest BCUT2D eigenvalue weighted by atomic mass is 16.1. The van der Waals surface area contributed by atoms with Gasteiger partial charge in [0.15, 0.2) is 0 Å². The fraction of sp³-hybridized carbons (Fsp3) is 0.500. The van der Waals surface area contributed by atoms with E-state index in [1.165, 1.54) is 0 Å². The zero-order chi connectivity index (χ0) is 14.5. The van der Waals surface area contributed by atoms with Crippen LogP contribution in [0.2, 0.25) is 0 Å². The van der Waals surface area contributed by atoms with Gasteiger partial charge in [-0.1, -0.05) is 0 Å². The summed E-state index contributed by atoms with van der Waals surface area (Å²) in [5.74, 6) is -0.438. The molecule has 0 aromatic heterocycles. The number of piperazine rings is 1. The molecule has 1 heterocycles. The maximum absolute atomic E-state index is 11.4. The van der Waals surface area contributed by atoms with Crippen molar-refractivity contribution in [1.82, 2.24) is 9.80 Å². The van der Waals surface area contributed by atoms with E-state index in [4.69, 9.17) is 11.5 Å². The number of amides is 1. The Morgan fingerprint density at radius 1 is 1.30 bits per heavy atom. The predicted molar refractivity (Wildman–Crippen MR) is 81.8 cm³/mol. The molecule has 1 aliphatic rings. The van der Waals surface area contributed by atoms with Crippen molar-refractivity contribution >= 4 is 17.3 Å². The van der Waals surface area contributed by atoms with Gasteiger partial charge in [-0.2, -0.15) is 0 Å². The molecule has 0 aliphatic carbocycles. The van der Waals surface area contributed by atoms with Gasteiger partial charge in [-0.3, -0.25) is 9.69 Å². The maximum Gasteiger partial charge on any atom is 0.250 e. The van der Waals surface area contributed by atoms with Crippen LogP contribution in [0.1, 0.15) is 10.4 Å². The lowest BCUT2D eigenvalue weighted by Crippen LogP contribution is -2.45. The van der Waals surface area contributed by atoms with Crippen LogP contribution in [0, 0.1) is 0 Å². The first-order chi connectivity index (χ1) is 9.56. The average molecular weight is 277 g/mol. The number of primary amides is 1. The normalized spacial score (nSPS) is 17.1. The fourth-order valence-electron chi connectivity index (χ4n) is 2.34. The number of anilines is 2. The maximum atomic E-state index is 11.4. The van der Waals surface area contributed by atoms with Crippen LogP contribution in [0.15, 0.2) is 18.2 Å². The molecule has 0 radical (unpaired) electrons. The van der Waals surface area contributed by atoms with Gasteiger partial charge in [-0.05, 0) is 25.2 Å². The number of nitrogens with two attached hydrogens (primary N) is 2. The second kappa shape index (κ2) is 6.58. The van der Waals surface area contributed by atoms with E-state index in [2.05, 4.69) is 22.2 Å². The minimum atomic E-state index is -0.438. The molecule has 2 rings (SSSR count). The number of nitrogens with one attached hydrogen (secondary N) is 1. The highest BCUT2D eigenvalue weighted by Crippen LogP contribution is 2.18. The lowest BCUT2D eigenvalue weighted by Gasteiger charge is -2.32. The molecule has 1 aliphatic heterocycles. The van der Waals surface area contributed by atoms with E-state index >= 15 is 0 Å². The summed E-state index contributed by atoms with van der Waals surface area (Å²) >= 11 is 0. The first-order valence-electron chi connectivity index (χ1n) is 6.90. The van der Waals surface area contributed by atoms with Crippen molar-refractivity contribution in [3.8, 4) is 0 Å². The van der Waals surface area contributed by atoms with Gasteiger partial charge in [0, 0.05) is 50.6 Å². The second-order valence-corrected chi connectivity index (χ2v) is 5.24. The monoisotopic (exact) mass is 277 g/mol. The number of likely N-dealkylation sites (N-methyl/N-ethyl adjacent to an activating group) is 1. The van der Waals surface area contributed by atoms with Crippen molar-refractivity contribution in [2.45, 2.75) is 0 Å². The summed E-state index contributed by atoms with van der Waals surface area (Å²) in [5.41, 5.74) is 12.9. The van der Waals surface area contributed by atoms with Crippen LogP contribution >= 0.6 is 0 Å². The average Bonchev–Trinajstić information content (AvgIpc) is 2.41. The molecule has 0 bridgehead atoms.